The van der Waals surface area contributed by atoms with Crippen LogP contribution in [0.5, 0.6) is 0 Å². The van der Waals surface area contributed by atoms with E-state index in [4.69, 9.17) is 10.9 Å². The molecular weight excluding hydrogens is 258 g/mol. The van der Waals surface area contributed by atoms with Crippen molar-refractivity contribution in [2.75, 3.05) is 26.7 Å². The number of carbonyl (C=O) groups excluding carboxylic acids is 1. The Kier molecular flexibility index (Phi) is 4.19. The number of amides is 1. The molecule has 0 radical (unpaired) electrons. The molecule has 2 rings (SSSR count). The van der Waals surface area contributed by atoms with Gasteiger partial charge in [-0.05, 0) is 26.1 Å². The maximum absolute atomic E-state index is 12.3. The largest absolute Gasteiger partial charge is 0.409 e. The van der Waals surface area contributed by atoms with Crippen LogP contribution in [0.4, 0.5) is 0 Å². The smallest absolute Gasteiger partial charge is 0.272 e. The molecule has 0 aromatic carbocycles. The minimum absolute atomic E-state index is 0.0234. The Labute approximate surface area is 117 Å². The minimum Gasteiger partial charge on any atom is -0.409 e. The topological polar surface area (TPSA) is 95.0 Å². The molecule has 1 aromatic heterocycles. The van der Waals surface area contributed by atoms with E-state index in [-0.39, 0.29) is 11.7 Å². The first-order valence-electron chi connectivity index (χ1n) is 6.46. The van der Waals surface area contributed by atoms with Crippen molar-refractivity contribution in [2.45, 2.75) is 13.0 Å². The van der Waals surface area contributed by atoms with Crippen LogP contribution in [0.1, 0.15) is 23.0 Å². The Morgan fingerprint density at radius 1 is 1.50 bits per heavy atom. The van der Waals surface area contributed by atoms with Crippen LogP contribution in [0, 0.1) is 0 Å². The summed E-state index contributed by atoms with van der Waals surface area (Å²) in [5.74, 6) is -0.110. The highest BCUT2D eigenvalue weighted by Crippen LogP contribution is 2.11. The number of carbonyl (C=O) groups is 1. The molecule has 108 valence electrons. The van der Waals surface area contributed by atoms with Crippen molar-refractivity contribution in [1.29, 1.82) is 0 Å². The van der Waals surface area contributed by atoms with E-state index in [0.717, 1.165) is 6.54 Å². The van der Waals surface area contributed by atoms with Gasteiger partial charge in [0.05, 0.1) is 0 Å². The molecule has 0 saturated carbocycles. The van der Waals surface area contributed by atoms with Gasteiger partial charge < -0.3 is 20.7 Å². The van der Waals surface area contributed by atoms with Crippen LogP contribution in [-0.2, 0) is 0 Å². The lowest BCUT2D eigenvalue weighted by molar-refractivity contribution is 0.0567. The summed E-state index contributed by atoms with van der Waals surface area (Å²) in [6, 6.07) is 3.55. The Bertz CT molecular complexity index is 514. The number of piperazine rings is 1. The molecule has 20 heavy (non-hydrogen) atoms. The van der Waals surface area contributed by atoms with E-state index in [0.29, 0.717) is 30.4 Å². The highest BCUT2D eigenvalue weighted by molar-refractivity contribution is 5.98. The normalized spacial score (nSPS) is 21.0. The zero-order valence-corrected chi connectivity index (χ0v) is 11.7. The van der Waals surface area contributed by atoms with Crippen LogP contribution in [-0.4, -0.2) is 64.5 Å². The molecule has 1 aliphatic rings. The lowest BCUT2D eigenvalue weighted by Gasteiger charge is -2.37. The number of nitrogens with two attached hydrogens (primary N) is 1. The average molecular weight is 277 g/mol. The number of nitrogens with zero attached hydrogens (tertiary/aromatic N) is 4. The first-order valence-corrected chi connectivity index (χ1v) is 6.46. The van der Waals surface area contributed by atoms with Crippen molar-refractivity contribution in [3.05, 3.63) is 29.6 Å². The van der Waals surface area contributed by atoms with Gasteiger partial charge in [-0.3, -0.25) is 9.78 Å². The first kappa shape index (κ1) is 14.3. The second-order valence-electron chi connectivity index (χ2n) is 5.00. The van der Waals surface area contributed by atoms with Gasteiger partial charge in [0.15, 0.2) is 5.84 Å². The van der Waals surface area contributed by atoms with Crippen molar-refractivity contribution in [3.8, 4) is 0 Å². The monoisotopic (exact) mass is 277 g/mol. The summed E-state index contributed by atoms with van der Waals surface area (Å²) in [5, 5.41) is 11.5. The van der Waals surface area contributed by atoms with Gasteiger partial charge in [-0.2, -0.15) is 0 Å². The molecule has 1 atom stereocenters. The van der Waals surface area contributed by atoms with Gasteiger partial charge in [-0.1, -0.05) is 5.16 Å². The van der Waals surface area contributed by atoms with E-state index in [1.807, 2.05) is 0 Å². The standard InChI is InChI=1S/C13H19N5O2/c1-9-8-18(6-5-17(9)2)13(19)11-4-3-10(7-15-11)12(14)16-20/h3-4,7,9,20H,5-6,8H2,1-2H3,(H2,14,16). The van der Waals surface area contributed by atoms with Gasteiger partial charge in [0.25, 0.3) is 5.91 Å². The van der Waals surface area contributed by atoms with Crippen LogP contribution in [0.2, 0.25) is 0 Å². The maximum atomic E-state index is 12.3. The molecule has 1 fully saturated rings. The summed E-state index contributed by atoms with van der Waals surface area (Å²) >= 11 is 0. The van der Waals surface area contributed by atoms with Crippen molar-refractivity contribution in [3.63, 3.8) is 0 Å². The first-order chi connectivity index (χ1) is 9.52. The third-order valence-electron chi connectivity index (χ3n) is 3.63. The van der Waals surface area contributed by atoms with E-state index in [1.165, 1.54) is 6.20 Å². The molecule has 7 nitrogen and oxygen atoms in total. The van der Waals surface area contributed by atoms with Crippen LogP contribution in [0.3, 0.4) is 0 Å². The van der Waals surface area contributed by atoms with E-state index in [9.17, 15) is 4.79 Å². The lowest BCUT2D eigenvalue weighted by Crippen LogP contribution is -2.52. The van der Waals surface area contributed by atoms with Crippen molar-refractivity contribution >= 4 is 11.7 Å². The number of aromatic nitrogens is 1. The van der Waals surface area contributed by atoms with Crippen LogP contribution in [0.25, 0.3) is 0 Å². The SMILES string of the molecule is CC1CN(C(=O)c2ccc(C(N)=NO)cn2)CCN1C. The summed E-state index contributed by atoms with van der Waals surface area (Å²) in [7, 11) is 2.05. The Balaban J connectivity index is 2.10. The van der Waals surface area contributed by atoms with E-state index in [1.54, 1.807) is 17.0 Å². The molecule has 0 bridgehead atoms. The molecule has 1 aromatic rings. The van der Waals surface area contributed by atoms with Crippen LogP contribution >= 0.6 is 0 Å². The van der Waals surface area contributed by atoms with Gasteiger partial charge in [-0.25, -0.2) is 0 Å². The number of pyridine rings is 1. The highest BCUT2D eigenvalue weighted by atomic mass is 16.4. The molecule has 1 aliphatic heterocycles. The number of hydrogen-bond donors (Lipinski definition) is 2. The third kappa shape index (κ3) is 2.88. The third-order valence-corrected chi connectivity index (χ3v) is 3.63. The fraction of sp³-hybridized carbons (Fsp3) is 0.462. The summed E-state index contributed by atoms with van der Waals surface area (Å²) in [6.07, 6.45) is 1.43. The van der Waals surface area contributed by atoms with Gasteiger partial charge >= 0.3 is 0 Å². The van der Waals surface area contributed by atoms with Crippen LogP contribution in [0.15, 0.2) is 23.5 Å². The van der Waals surface area contributed by atoms with E-state index >= 15 is 0 Å². The summed E-state index contributed by atoms with van der Waals surface area (Å²) < 4.78 is 0. The predicted molar refractivity (Wildman–Crippen MR) is 74.7 cm³/mol. The Morgan fingerprint density at radius 2 is 2.25 bits per heavy atom. The Hall–Kier alpha value is -2.15. The van der Waals surface area contributed by atoms with Crippen molar-refractivity contribution in [1.82, 2.24) is 14.8 Å². The van der Waals surface area contributed by atoms with Gasteiger partial charge in [0, 0.05) is 37.4 Å². The molecule has 0 aliphatic carbocycles. The summed E-state index contributed by atoms with van der Waals surface area (Å²) in [4.78, 5) is 20.4. The second kappa shape index (κ2) is 5.87. The van der Waals surface area contributed by atoms with Crippen LogP contribution < -0.4 is 5.73 Å². The Morgan fingerprint density at radius 3 is 2.80 bits per heavy atom. The zero-order valence-electron chi connectivity index (χ0n) is 11.7. The number of likely N-dealkylation sites (N-methyl/N-ethyl adjacent to an activating group) is 1. The molecule has 3 N–H and O–H groups in total. The molecule has 2 heterocycles. The second-order valence-corrected chi connectivity index (χ2v) is 5.00. The van der Waals surface area contributed by atoms with Crippen molar-refractivity contribution in [2.24, 2.45) is 10.9 Å². The minimum atomic E-state index is -0.0870. The molecule has 1 saturated heterocycles. The summed E-state index contributed by atoms with van der Waals surface area (Å²) in [6.45, 7) is 4.34. The van der Waals surface area contributed by atoms with Gasteiger partial charge in [0.1, 0.15) is 5.69 Å². The predicted octanol–water partition coefficient (Wildman–Crippen LogP) is -0.0478. The van der Waals surface area contributed by atoms with Gasteiger partial charge in [-0.15, -0.1) is 0 Å². The molecule has 1 amide bonds. The average Bonchev–Trinajstić information content (AvgIpc) is 2.48. The van der Waals surface area contributed by atoms with Crippen molar-refractivity contribution < 1.29 is 10.0 Å². The van der Waals surface area contributed by atoms with E-state index < -0.39 is 0 Å². The molecule has 1 unspecified atom stereocenters. The van der Waals surface area contributed by atoms with E-state index in [2.05, 4.69) is 29.0 Å². The number of hydrogen-bond acceptors (Lipinski definition) is 5. The quantitative estimate of drug-likeness (QED) is 0.342. The maximum Gasteiger partial charge on any atom is 0.272 e. The fourth-order valence-corrected chi connectivity index (χ4v) is 2.12. The number of rotatable bonds is 2. The fourth-order valence-electron chi connectivity index (χ4n) is 2.12. The highest BCUT2D eigenvalue weighted by Gasteiger charge is 2.25. The lowest BCUT2D eigenvalue weighted by atomic mass is 10.2. The molecular formula is C13H19N5O2. The summed E-state index contributed by atoms with van der Waals surface area (Å²) in [5.41, 5.74) is 6.31. The molecule has 7 heteroatoms. The zero-order chi connectivity index (χ0) is 14.7. The number of amidine groups is 1. The van der Waals surface area contributed by atoms with Gasteiger partial charge in [0.2, 0.25) is 0 Å². The number of oxime groups is 1. The molecule has 0 spiro atoms.